The lowest BCUT2D eigenvalue weighted by Gasteiger charge is -2.14. The molecule has 2 aromatic carbocycles. The van der Waals surface area contributed by atoms with Crippen molar-refractivity contribution in [3.8, 4) is 23.0 Å². The highest BCUT2D eigenvalue weighted by molar-refractivity contribution is 5.85. The van der Waals surface area contributed by atoms with Crippen molar-refractivity contribution in [1.29, 1.82) is 0 Å². The molecule has 0 spiro atoms. The maximum Gasteiger partial charge on any atom is 0.245 e. The Morgan fingerprint density at radius 1 is 0.769 bits per heavy atom. The van der Waals surface area contributed by atoms with Crippen LogP contribution in [-0.2, 0) is 0 Å². The number of anilines is 1. The molecule has 140 valence electrons. The predicted octanol–water partition coefficient (Wildman–Crippen LogP) is -0.0825. The minimum Gasteiger partial charge on any atom is -1.00 e. The van der Waals surface area contributed by atoms with Gasteiger partial charge in [0.2, 0.25) is 17.7 Å². The quantitative estimate of drug-likeness (QED) is 0.658. The molecule has 0 bridgehead atoms. The van der Waals surface area contributed by atoms with E-state index in [0.717, 1.165) is 47.5 Å². The van der Waals surface area contributed by atoms with E-state index in [0.29, 0.717) is 0 Å². The van der Waals surface area contributed by atoms with Crippen LogP contribution in [0.5, 0.6) is 23.0 Å². The van der Waals surface area contributed by atoms with Crippen molar-refractivity contribution in [1.82, 2.24) is 0 Å². The van der Waals surface area contributed by atoms with Crippen LogP contribution < -0.4 is 36.3 Å². The zero-order chi connectivity index (χ0) is 17.8. The zero-order valence-corrected chi connectivity index (χ0v) is 16.1. The van der Waals surface area contributed by atoms with E-state index in [-0.39, 0.29) is 12.4 Å². The molecular weight excluding hydrogens is 356 g/mol. The predicted molar refractivity (Wildman–Crippen MR) is 97.3 cm³/mol. The maximum atomic E-state index is 5.52. The summed E-state index contributed by atoms with van der Waals surface area (Å²) in [5, 5.41) is 0. The van der Waals surface area contributed by atoms with Gasteiger partial charge in [0.25, 0.3) is 0 Å². The summed E-state index contributed by atoms with van der Waals surface area (Å²) in [7, 11) is 6.65. The molecule has 0 saturated carbocycles. The zero-order valence-electron chi connectivity index (χ0n) is 15.4. The second kappa shape index (κ2) is 8.67. The first kappa shape index (κ1) is 19.7. The molecule has 2 aromatic rings. The number of benzene rings is 2. The van der Waals surface area contributed by atoms with E-state index in [2.05, 4.69) is 9.48 Å². The Balaban J connectivity index is 0.00000243. The van der Waals surface area contributed by atoms with Crippen LogP contribution in [0, 0.1) is 0 Å². The molecule has 0 fully saturated rings. The maximum absolute atomic E-state index is 5.52. The summed E-state index contributed by atoms with van der Waals surface area (Å²) >= 11 is 0. The molecule has 0 radical (unpaired) electrons. The summed E-state index contributed by atoms with van der Waals surface area (Å²) in [6.45, 7) is 1.58. The van der Waals surface area contributed by atoms with Crippen LogP contribution in [0.4, 0.5) is 11.4 Å². The van der Waals surface area contributed by atoms with Crippen LogP contribution in [0.2, 0.25) is 0 Å². The van der Waals surface area contributed by atoms with E-state index in [1.165, 1.54) is 0 Å². The van der Waals surface area contributed by atoms with Gasteiger partial charge in [-0.3, -0.25) is 0 Å². The number of halogens is 1. The van der Waals surface area contributed by atoms with Crippen molar-refractivity contribution >= 4 is 17.7 Å². The van der Waals surface area contributed by atoms with Crippen molar-refractivity contribution in [2.24, 2.45) is 0 Å². The first-order chi connectivity index (χ1) is 12.2. The smallest absolute Gasteiger partial charge is 0.245 e. The molecule has 1 aliphatic rings. The summed E-state index contributed by atoms with van der Waals surface area (Å²) in [4.78, 5) is 2.11. The lowest BCUT2D eigenvalue weighted by atomic mass is 10.2. The SMILES string of the molecule is COc1cccc(OC)c1N1C=[N+](c2c(OC)cccc2OC)CC1.[Cl-]. The first-order valence-electron chi connectivity index (χ1n) is 8.03. The van der Waals surface area contributed by atoms with Gasteiger partial charge >= 0.3 is 0 Å². The number of nitrogens with zero attached hydrogens (tertiary/aromatic N) is 2. The third-order valence-corrected chi connectivity index (χ3v) is 4.24. The average molecular weight is 379 g/mol. The number of para-hydroxylation sites is 2. The van der Waals surface area contributed by atoms with Gasteiger partial charge in [-0.2, -0.15) is 0 Å². The number of hydrogen-bond donors (Lipinski definition) is 0. The van der Waals surface area contributed by atoms with Crippen LogP contribution in [0.3, 0.4) is 0 Å². The van der Waals surface area contributed by atoms with Gasteiger partial charge in [-0.05, 0) is 24.3 Å². The Morgan fingerprint density at radius 2 is 1.23 bits per heavy atom. The van der Waals surface area contributed by atoms with Gasteiger partial charge in [0.05, 0.1) is 28.4 Å². The lowest BCUT2D eigenvalue weighted by molar-refractivity contribution is -0.425. The third kappa shape index (κ3) is 3.51. The molecule has 0 N–H and O–H groups in total. The molecule has 7 heteroatoms. The van der Waals surface area contributed by atoms with E-state index in [9.17, 15) is 0 Å². The summed E-state index contributed by atoms with van der Waals surface area (Å²) in [5.74, 6) is 3.07. The van der Waals surface area contributed by atoms with Crippen LogP contribution in [0.25, 0.3) is 0 Å². The van der Waals surface area contributed by atoms with Gasteiger partial charge in [0.15, 0.2) is 23.0 Å². The molecule has 0 unspecified atom stereocenters. The summed E-state index contributed by atoms with van der Waals surface area (Å²) in [5.41, 5.74) is 1.81. The minimum absolute atomic E-state index is 0. The fourth-order valence-electron chi connectivity index (χ4n) is 3.07. The van der Waals surface area contributed by atoms with Gasteiger partial charge < -0.3 is 31.4 Å². The second-order valence-corrected chi connectivity index (χ2v) is 5.52. The van der Waals surface area contributed by atoms with Gasteiger partial charge in [0.1, 0.15) is 13.1 Å². The van der Waals surface area contributed by atoms with Crippen molar-refractivity contribution in [3.05, 3.63) is 36.4 Å². The summed E-state index contributed by atoms with van der Waals surface area (Å²) in [6, 6.07) is 11.5. The Kier molecular flexibility index (Phi) is 6.58. The Labute approximate surface area is 160 Å². The van der Waals surface area contributed by atoms with Crippen LogP contribution in [-0.4, -0.2) is 52.4 Å². The lowest BCUT2D eigenvalue weighted by Crippen LogP contribution is -3.00. The highest BCUT2D eigenvalue weighted by atomic mass is 35.5. The standard InChI is InChI=1S/C19H23N2O4.ClH/c1-22-14-7-5-8-15(23-2)18(14)20-11-12-21(13-20)19-16(24-3)9-6-10-17(19)25-4;/h5-10,13H,11-12H2,1-4H3;1H/q+1;/p-1. The Bertz CT molecular complexity index is 751. The van der Waals surface area contributed by atoms with Crippen molar-refractivity contribution in [2.45, 2.75) is 0 Å². The average Bonchev–Trinajstić information content (AvgIpc) is 3.15. The second-order valence-electron chi connectivity index (χ2n) is 5.52. The topological polar surface area (TPSA) is 43.2 Å². The van der Waals surface area contributed by atoms with Gasteiger partial charge in [0, 0.05) is 0 Å². The normalized spacial score (nSPS) is 12.9. The summed E-state index contributed by atoms with van der Waals surface area (Å²) in [6.07, 6.45) is 2.03. The van der Waals surface area contributed by atoms with Crippen LogP contribution in [0.1, 0.15) is 0 Å². The van der Waals surface area contributed by atoms with Crippen LogP contribution in [0.15, 0.2) is 36.4 Å². The van der Waals surface area contributed by atoms with Crippen molar-refractivity contribution in [2.75, 3.05) is 46.4 Å². The van der Waals surface area contributed by atoms with E-state index >= 15 is 0 Å². The molecule has 6 nitrogen and oxygen atoms in total. The minimum atomic E-state index is 0. The fraction of sp³-hybridized carbons (Fsp3) is 0.316. The number of hydrogen-bond acceptors (Lipinski definition) is 5. The molecule has 26 heavy (non-hydrogen) atoms. The Hall–Kier alpha value is -2.60. The highest BCUT2D eigenvalue weighted by Crippen LogP contribution is 2.40. The third-order valence-electron chi connectivity index (χ3n) is 4.24. The van der Waals surface area contributed by atoms with Gasteiger partial charge in [-0.1, -0.05) is 12.1 Å². The largest absolute Gasteiger partial charge is 1.00 e. The Morgan fingerprint density at radius 3 is 1.69 bits per heavy atom. The van der Waals surface area contributed by atoms with Gasteiger partial charge in [-0.25, -0.2) is 9.48 Å². The molecule has 1 aliphatic heterocycles. The fourth-order valence-corrected chi connectivity index (χ4v) is 3.07. The molecule has 1 heterocycles. The molecule has 0 saturated heterocycles. The number of rotatable bonds is 6. The molecule has 0 aliphatic carbocycles. The van der Waals surface area contributed by atoms with Gasteiger partial charge in [-0.15, -0.1) is 0 Å². The van der Waals surface area contributed by atoms with E-state index < -0.39 is 0 Å². The van der Waals surface area contributed by atoms with E-state index in [4.69, 9.17) is 18.9 Å². The molecule has 0 aromatic heterocycles. The molecule has 0 amide bonds. The summed E-state index contributed by atoms with van der Waals surface area (Å²) < 4.78 is 24.2. The first-order valence-corrected chi connectivity index (χ1v) is 8.03. The highest BCUT2D eigenvalue weighted by Gasteiger charge is 2.31. The molecular formula is C19H23ClN2O4. The number of ether oxygens (including phenoxy) is 4. The van der Waals surface area contributed by atoms with Crippen molar-refractivity contribution < 1.29 is 35.9 Å². The van der Waals surface area contributed by atoms with E-state index in [1.807, 2.05) is 42.7 Å². The van der Waals surface area contributed by atoms with Crippen molar-refractivity contribution in [3.63, 3.8) is 0 Å². The van der Waals surface area contributed by atoms with E-state index in [1.54, 1.807) is 28.4 Å². The molecule has 3 rings (SSSR count). The molecule has 0 atom stereocenters. The number of methoxy groups -OCH3 is 4. The monoisotopic (exact) mass is 378 g/mol. The van der Waals surface area contributed by atoms with Crippen LogP contribution >= 0.6 is 0 Å².